The molecular formula is C11H17BrN2O2S. The molecule has 17 heavy (non-hydrogen) atoms. The molecule has 1 rings (SSSR count). The predicted molar refractivity (Wildman–Crippen MR) is 73.3 cm³/mol. The average Bonchev–Trinajstić information content (AvgIpc) is 2.19. The Morgan fingerprint density at radius 2 is 1.88 bits per heavy atom. The van der Waals surface area contributed by atoms with E-state index in [2.05, 4.69) is 25.6 Å². The summed E-state index contributed by atoms with van der Waals surface area (Å²) in [6, 6.07) is 8.09. The molecule has 0 fully saturated rings. The van der Waals surface area contributed by atoms with E-state index in [1.807, 2.05) is 31.3 Å². The van der Waals surface area contributed by atoms with Crippen LogP contribution in [0.25, 0.3) is 0 Å². The summed E-state index contributed by atoms with van der Waals surface area (Å²) in [4.78, 5) is 2.07. The maximum Gasteiger partial charge on any atom is 0.208 e. The fourth-order valence-corrected chi connectivity index (χ4v) is 2.13. The predicted octanol–water partition coefficient (Wildman–Crippen LogP) is 1.43. The Hall–Kier alpha value is -0.430. The average molecular weight is 321 g/mol. The molecule has 0 atom stereocenters. The lowest BCUT2D eigenvalue weighted by molar-refractivity contribution is 0.332. The third-order valence-electron chi connectivity index (χ3n) is 2.22. The van der Waals surface area contributed by atoms with Crippen molar-refractivity contribution in [3.8, 4) is 0 Å². The van der Waals surface area contributed by atoms with Crippen LogP contribution in [0.1, 0.15) is 5.56 Å². The molecule has 96 valence electrons. The number of nitrogens with zero attached hydrogens (tertiary/aromatic N) is 1. The molecule has 0 spiro atoms. The van der Waals surface area contributed by atoms with Gasteiger partial charge < -0.3 is 4.90 Å². The van der Waals surface area contributed by atoms with Crippen LogP contribution in [0.15, 0.2) is 28.7 Å². The highest BCUT2D eigenvalue weighted by Gasteiger charge is 2.03. The summed E-state index contributed by atoms with van der Waals surface area (Å²) >= 11 is 3.39. The lowest BCUT2D eigenvalue weighted by Crippen LogP contribution is -2.32. The number of benzene rings is 1. The van der Waals surface area contributed by atoms with Gasteiger partial charge in [0, 0.05) is 24.1 Å². The second kappa shape index (κ2) is 6.49. The van der Waals surface area contributed by atoms with Crippen LogP contribution in [0.3, 0.4) is 0 Å². The highest BCUT2D eigenvalue weighted by atomic mass is 79.9. The molecule has 0 aliphatic rings. The number of hydrogen-bond donors (Lipinski definition) is 1. The molecule has 1 aromatic rings. The first-order valence-electron chi connectivity index (χ1n) is 5.24. The number of likely N-dealkylation sites (N-methyl/N-ethyl adjacent to an activating group) is 1. The van der Waals surface area contributed by atoms with Crippen molar-refractivity contribution in [2.24, 2.45) is 0 Å². The Kier molecular flexibility index (Phi) is 5.58. The Labute approximate surface area is 111 Å². The Morgan fingerprint density at radius 3 is 2.41 bits per heavy atom. The first kappa shape index (κ1) is 14.6. The third kappa shape index (κ3) is 6.78. The van der Waals surface area contributed by atoms with Crippen LogP contribution in [0.5, 0.6) is 0 Å². The summed E-state index contributed by atoms with van der Waals surface area (Å²) in [7, 11) is -1.12. The van der Waals surface area contributed by atoms with Gasteiger partial charge in [0.2, 0.25) is 10.0 Å². The van der Waals surface area contributed by atoms with Crippen LogP contribution in [0, 0.1) is 0 Å². The first-order chi connectivity index (χ1) is 7.87. The minimum Gasteiger partial charge on any atom is -0.301 e. The van der Waals surface area contributed by atoms with E-state index in [1.165, 1.54) is 11.8 Å². The van der Waals surface area contributed by atoms with E-state index in [9.17, 15) is 8.42 Å². The van der Waals surface area contributed by atoms with Gasteiger partial charge in [-0.25, -0.2) is 13.1 Å². The van der Waals surface area contributed by atoms with Crippen LogP contribution >= 0.6 is 15.9 Å². The number of nitrogens with one attached hydrogen (secondary N) is 1. The van der Waals surface area contributed by atoms with Gasteiger partial charge in [-0.05, 0) is 24.7 Å². The second-order valence-electron chi connectivity index (χ2n) is 4.03. The van der Waals surface area contributed by atoms with Crippen LogP contribution in [0.2, 0.25) is 0 Å². The molecule has 0 unspecified atom stereocenters. The number of sulfonamides is 1. The molecule has 0 amide bonds. The Morgan fingerprint density at radius 1 is 1.29 bits per heavy atom. The largest absolute Gasteiger partial charge is 0.301 e. The van der Waals surface area contributed by atoms with Gasteiger partial charge in [0.25, 0.3) is 0 Å². The van der Waals surface area contributed by atoms with Crippen LogP contribution < -0.4 is 4.72 Å². The van der Waals surface area contributed by atoms with Gasteiger partial charge in [-0.15, -0.1) is 0 Å². The molecule has 6 heteroatoms. The van der Waals surface area contributed by atoms with Crippen molar-refractivity contribution in [3.05, 3.63) is 34.3 Å². The molecule has 1 N–H and O–H groups in total. The van der Waals surface area contributed by atoms with Crippen LogP contribution in [-0.4, -0.2) is 39.7 Å². The normalized spacial score (nSPS) is 12.0. The quantitative estimate of drug-likeness (QED) is 0.862. The number of halogens is 1. The smallest absolute Gasteiger partial charge is 0.208 e. The molecule has 0 saturated heterocycles. The van der Waals surface area contributed by atoms with Crippen molar-refractivity contribution in [1.29, 1.82) is 0 Å². The first-order valence-corrected chi connectivity index (χ1v) is 7.93. The van der Waals surface area contributed by atoms with Gasteiger partial charge in [0.15, 0.2) is 0 Å². The number of rotatable bonds is 6. The van der Waals surface area contributed by atoms with Crippen molar-refractivity contribution in [2.75, 3.05) is 26.4 Å². The van der Waals surface area contributed by atoms with E-state index in [0.29, 0.717) is 13.1 Å². The fraction of sp³-hybridized carbons (Fsp3) is 0.455. The van der Waals surface area contributed by atoms with Gasteiger partial charge >= 0.3 is 0 Å². The van der Waals surface area contributed by atoms with Crippen molar-refractivity contribution in [3.63, 3.8) is 0 Å². The van der Waals surface area contributed by atoms with E-state index < -0.39 is 10.0 Å². The summed E-state index contributed by atoms with van der Waals surface area (Å²) in [5, 5.41) is 0. The Bertz CT molecular complexity index is 445. The summed E-state index contributed by atoms with van der Waals surface area (Å²) in [6.45, 7) is 1.92. The molecule has 4 nitrogen and oxygen atoms in total. The summed E-state index contributed by atoms with van der Waals surface area (Å²) < 4.78 is 25.3. The van der Waals surface area contributed by atoms with E-state index in [4.69, 9.17) is 0 Å². The molecule has 0 aromatic heterocycles. The molecule has 0 aliphatic heterocycles. The zero-order valence-corrected chi connectivity index (χ0v) is 12.4. The van der Waals surface area contributed by atoms with Gasteiger partial charge in [-0.1, -0.05) is 28.1 Å². The highest BCUT2D eigenvalue weighted by molar-refractivity contribution is 9.10. The maximum absolute atomic E-state index is 10.9. The molecule has 0 saturated carbocycles. The standard InChI is InChI=1S/C11H17BrN2O2S/c1-14(8-7-13-17(2,15)16)9-10-3-5-11(12)6-4-10/h3-6,13H,7-9H2,1-2H3. The number of hydrogen-bond acceptors (Lipinski definition) is 3. The highest BCUT2D eigenvalue weighted by Crippen LogP contribution is 2.11. The summed E-state index contributed by atoms with van der Waals surface area (Å²) in [6.07, 6.45) is 1.17. The van der Waals surface area contributed by atoms with Gasteiger partial charge in [-0.2, -0.15) is 0 Å². The molecule has 0 aliphatic carbocycles. The van der Waals surface area contributed by atoms with Crippen LogP contribution in [0.4, 0.5) is 0 Å². The van der Waals surface area contributed by atoms with E-state index in [0.717, 1.165) is 11.0 Å². The minimum absolute atomic E-state index is 0.436. The van der Waals surface area contributed by atoms with Crippen LogP contribution in [-0.2, 0) is 16.6 Å². The van der Waals surface area contributed by atoms with E-state index in [-0.39, 0.29) is 0 Å². The molecule has 0 radical (unpaired) electrons. The molecule has 1 aromatic carbocycles. The van der Waals surface area contributed by atoms with Gasteiger partial charge in [0.05, 0.1) is 6.26 Å². The molecular weight excluding hydrogens is 304 g/mol. The molecule has 0 bridgehead atoms. The zero-order chi connectivity index (χ0) is 12.9. The second-order valence-corrected chi connectivity index (χ2v) is 6.78. The lowest BCUT2D eigenvalue weighted by atomic mass is 10.2. The minimum atomic E-state index is -3.08. The van der Waals surface area contributed by atoms with Gasteiger partial charge in [0.1, 0.15) is 0 Å². The van der Waals surface area contributed by atoms with Crippen molar-refractivity contribution in [2.45, 2.75) is 6.54 Å². The summed E-state index contributed by atoms with van der Waals surface area (Å²) in [5.41, 5.74) is 1.20. The van der Waals surface area contributed by atoms with Crippen molar-refractivity contribution >= 4 is 26.0 Å². The van der Waals surface area contributed by atoms with E-state index >= 15 is 0 Å². The SMILES string of the molecule is CN(CCNS(C)(=O)=O)Cc1ccc(Br)cc1. The molecule has 0 heterocycles. The zero-order valence-electron chi connectivity index (χ0n) is 9.98. The fourth-order valence-electron chi connectivity index (χ4n) is 1.40. The third-order valence-corrected chi connectivity index (χ3v) is 3.48. The maximum atomic E-state index is 10.9. The van der Waals surface area contributed by atoms with Gasteiger partial charge in [-0.3, -0.25) is 0 Å². The lowest BCUT2D eigenvalue weighted by Gasteiger charge is -2.16. The Balaban J connectivity index is 2.34. The van der Waals surface area contributed by atoms with Crippen molar-refractivity contribution in [1.82, 2.24) is 9.62 Å². The summed E-state index contributed by atoms with van der Waals surface area (Å²) in [5.74, 6) is 0. The topological polar surface area (TPSA) is 49.4 Å². The monoisotopic (exact) mass is 320 g/mol. The van der Waals surface area contributed by atoms with E-state index in [1.54, 1.807) is 0 Å². The van der Waals surface area contributed by atoms with Crippen molar-refractivity contribution < 1.29 is 8.42 Å².